The smallest absolute Gasteiger partial charge is 0.242 e. The average Bonchev–Trinajstić information content (AvgIpc) is 3.21. The van der Waals surface area contributed by atoms with E-state index in [1.165, 1.54) is 10.6 Å². The van der Waals surface area contributed by atoms with Gasteiger partial charge in [0.05, 0.1) is 18.8 Å². The van der Waals surface area contributed by atoms with Crippen molar-refractivity contribution in [3.8, 4) is 0 Å². The molecule has 2 saturated heterocycles. The molecule has 4 rings (SSSR count). The minimum Gasteiger partial charge on any atom is -0.339 e. The molecule has 11 heteroatoms. The third kappa shape index (κ3) is 4.16. The average molecular weight is 425 g/mol. The van der Waals surface area contributed by atoms with Crippen molar-refractivity contribution in [1.82, 2.24) is 28.9 Å². The Morgan fingerprint density at radius 3 is 2.59 bits per heavy atom. The van der Waals surface area contributed by atoms with Crippen molar-refractivity contribution in [3.05, 3.63) is 11.6 Å². The van der Waals surface area contributed by atoms with Gasteiger partial charge in [0.1, 0.15) is 5.82 Å². The zero-order valence-corrected chi connectivity index (χ0v) is 17.6. The zero-order valence-electron chi connectivity index (χ0n) is 16.8. The second-order valence-corrected chi connectivity index (χ2v) is 10.00. The van der Waals surface area contributed by atoms with Gasteiger partial charge >= 0.3 is 0 Å². The summed E-state index contributed by atoms with van der Waals surface area (Å²) in [4.78, 5) is 27.9. The Hall–Kier alpha value is -2.01. The molecule has 0 aliphatic carbocycles. The highest BCUT2D eigenvalue weighted by molar-refractivity contribution is 7.88. The van der Waals surface area contributed by atoms with Gasteiger partial charge in [0.25, 0.3) is 0 Å². The fourth-order valence-corrected chi connectivity index (χ4v) is 5.66. The first kappa shape index (κ1) is 20.3. The molecule has 0 aromatic carbocycles. The molecule has 3 aliphatic heterocycles. The fraction of sp³-hybridized carbons (Fsp3) is 0.778. The molecule has 2 fully saturated rings. The Kier molecular flexibility index (Phi) is 5.60. The normalized spacial score (nSPS) is 23.9. The van der Waals surface area contributed by atoms with Crippen LogP contribution in [0.1, 0.15) is 49.8 Å². The third-order valence-electron chi connectivity index (χ3n) is 6.08. The van der Waals surface area contributed by atoms with Gasteiger partial charge in [-0.05, 0) is 19.3 Å². The second kappa shape index (κ2) is 8.02. The Bertz CT molecular complexity index is 898. The summed E-state index contributed by atoms with van der Waals surface area (Å²) in [6, 6.07) is -0.301. The number of carbonyl (C=O) groups excluding carboxylic acids is 2. The van der Waals surface area contributed by atoms with Crippen LogP contribution in [0.15, 0.2) is 0 Å². The van der Waals surface area contributed by atoms with E-state index in [1.54, 1.807) is 9.80 Å². The number of carbonyl (C=O) groups is 2. The molecule has 4 heterocycles. The van der Waals surface area contributed by atoms with E-state index < -0.39 is 10.0 Å². The number of likely N-dealkylation sites (tertiary alicyclic amines) is 1. The molecule has 2 amide bonds. The summed E-state index contributed by atoms with van der Waals surface area (Å²) < 4.78 is 28.0. The summed E-state index contributed by atoms with van der Waals surface area (Å²) in [7, 11) is -3.33. The predicted octanol–water partition coefficient (Wildman–Crippen LogP) is -0.228. The van der Waals surface area contributed by atoms with Crippen LogP contribution < -0.4 is 0 Å². The van der Waals surface area contributed by atoms with Crippen LogP contribution in [0.25, 0.3) is 0 Å². The summed E-state index contributed by atoms with van der Waals surface area (Å²) in [6.07, 6.45) is 5.67. The van der Waals surface area contributed by atoms with Crippen LogP contribution in [0.3, 0.4) is 0 Å². The number of amides is 2. The number of hydrogen-bond donors (Lipinski definition) is 0. The van der Waals surface area contributed by atoms with Crippen molar-refractivity contribution >= 4 is 21.8 Å². The van der Waals surface area contributed by atoms with Gasteiger partial charge in [0, 0.05) is 45.6 Å². The van der Waals surface area contributed by atoms with E-state index in [9.17, 15) is 18.0 Å². The number of hydrogen-bond acceptors (Lipinski definition) is 6. The summed E-state index contributed by atoms with van der Waals surface area (Å²) in [5.41, 5.74) is 0. The molecule has 1 aromatic heterocycles. The van der Waals surface area contributed by atoms with Crippen molar-refractivity contribution < 1.29 is 18.0 Å². The minimum atomic E-state index is -3.33. The van der Waals surface area contributed by atoms with Gasteiger partial charge in [-0.2, -0.15) is 4.31 Å². The van der Waals surface area contributed by atoms with Crippen molar-refractivity contribution in [2.24, 2.45) is 0 Å². The number of nitrogens with zero attached hydrogens (tertiary/aromatic N) is 6. The van der Waals surface area contributed by atoms with Gasteiger partial charge in [-0.1, -0.05) is 6.42 Å². The SMILES string of the molecule is CS(=O)(=O)N1CCCCC1c1nnc2n1CCN(C(=O)CN1CCCC1=O)CC2. The number of piperidine rings is 1. The quantitative estimate of drug-likeness (QED) is 0.661. The van der Waals surface area contributed by atoms with Gasteiger partial charge in [-0.15, -0.1) is 10.2 Å². The third-order valence-corrected chi connectivity index (χ3v) is 7.37. The van der Waals surface area contributed by atoms with Crippen LogP contribution >= 0.6 is 0 Å². The maximum atomic E-state index is 12.7. The highest BCUT2D eigenvalue weighted by Gasteiger charge is 2.35. The molecule has 3 aliphatic rings. The first-order valence-electron chi connectivity index (χ1n) is 10.3. The monoisotopic (exact) mass is 424 g/mol. The molecule has 1 atom stereocenters. The number of aromatic nitrogens is 3. The summed E-state index contributed by atoms with van der Waals surface area (Å²) >= 11 is 0. The number of fused-ring (bicyclic) bond motifs is 1. The lowest BCUT2D eigenvalue weighted by Gasteiger charge is -2.33. The van der Waals surface area contributed by atoms with E-state index in [4.69, 9.17) is 0 Å². The Morgan fingerprint density at radius 2 is 1.86 bits per heavy atom. The Labute approximate surface area is 170 Å². The molecule has 0 saturated carbocycles. The van der Waals surface area contributed by atoms with E-state index in [0.717, 1.165) is 31.5 Å². The molecular formula is C18H28N6O4S. The van der Waals surface area contributed by atoms with Crippen LogP contribution in [0.4, 0.5) is 0 Å². The van der Waals surface area contributed by atoms with Crippen LogP contribution in [0, 0.1) is 0 Å². The van der Waals surface area contributed by atoms with Crippen LogP contribution in [0.2, 0.25) is 0 Å². The first-order chi connectivity index (χ1) is 13.8. The number of rotatable bonds is 4. The van der Waals surface area contributed by atoms with E-state index in [-0.39, 0.29) is 24.4 Å². The van der Waals surface area contributed by atoms with Crippen molar-refractivity contribution in [3.63, 3.8) is 0 Å². The minimum absolute atomic E-state index is 0.0454. The van der Waals surface area contributed by atoms with Crippen LogP contribution in [-0.4, -0.2) is 88.1 Å². The van der Waals surface area contributed by atoms with Crippen molar-refractivity contribution in [1.29, 1.82) is 0 Å². The van der Waals surface area contributed by atoms with Gasteiger partial charge < -0.3 is 14.4 Å². The molecular weight excluding hydrogens is 396 g/mol. The van der Waals surface area contributed by atoms with E-state index in [2.05, 4.69) is 10.2 Å². The summed E-state index contributed by atoms with van der Waals surface area (Å²) in [5.74, 6) is 1.46. The summed E-state index contributed by atoms with van der Waals surface area (Å²) in [6.45, 7) is 2.85. The predicted molar refractivity (Wildman–Crippen MR) is 104 cm³/mol. The van der Waals surface area contributed by atoms with E-state index >= 15 is 0 Å². The zero-order chi connectivity index (χ0) is 20.6. The Morgan fingerprint density at radius 1 is 1.03 bits per heavy atom. The largest absolute Gasteiger partial charge is 0.339 e. The van der Waals surface area contributed by atoms with Gasteiger partial charge in [0.2, 0.25) is 21.8 Å². The molecule has 29 heavy (non-hydrogen) atoms. The molecule has 10 nitrogen and oxygen atoms in total. The topological polar surface area (TPSA) is 109 Å². The van der Waals surface area contributed by atoms with E-state index in [1.807, 2.05) is 4.57 Å². The number of sulfonamides is 1. The van der Waals surface area contributed by atoms with Gasteiger partial charge in [0.15, 0.2) is 5.82 Å². The molecule has 160 valence electrons. The molecule has 0 radical (unpaired) electrons. The summed E-state index contributed by atoms with van der Waals surface area (Å²) in [5, 5.41) is 8.65. The lowest BCUT2D eigenvalue weighted by atomic mass is 10.0. The maximum absolute atomic E-state index is 12.7. The van der Waals surface area contributed by atoms with Crippen LogP contribution in [-0.2, 0) is 32.6 Å². The fourth-order valence-electron chi connectivity index (χ4n) is 4.54. The van der Waals surface area contributed by atoms with Crippen LogP contribution in [0.5, 0.6) is 0 Å². The molecule has 0 bridgehead atoms. The highest BCUT2D eigenvalue weighted by atomic mass is 32.2. The lowest BCUT2D eigenvalue weighted by molar-refractivity contribution is -0.138. The Balaban J connectivity index is 1.48. The standard InChI is InChI=1S/C18H28N6O4S/c1-29(27,28)24-9-3-2-5-14(24)18-20-19-15-7-10-21(11-12-23(15)18)17(26)13-22-8-4-6-16(22)25/h14H,2-13H2,1H3. The second-order valence-electron chi connectivity index (χ2n) is 8.06. The highest BCUT2D eigenvalue weighted by Crippen LogP contribution is 2.32. The van der Waals surface area contributed by atoms with Gasteiger partial charge in [-0.3, -0.25) is 9.59 Å². The first-order valence-corrected chi connectivity index (χ1v) is 12.1. The van der Waals surface area contributed by atoms with Gasteiger partial charge in [-0.25, -0.2) is 8.42 Å². The maximum Gasteiger partial charge on any atom is 0.242 e. The molecule has 1 aromatic rings. The van der Waals surface area contributed by atoms with E-state index in [0.29, 0.717) is 51.4 Å². The molecule has 0 spiro atoms. The van der Waals surface area contributed by atoms with Crippen molar-refractivity contribution in [2.45, 2.75) is 51.1 Å². The lowest BCUT2D eigenvalue weighted by Crippen LogP contribution is -2.42. The molecule has 0 N–H and O–H groups in total. The van der Waals surface area contributed by atoms with Crippen molar-refractivity contribution in [2.75, 3.05) is 39.0 Å². The molecule has 1 unspecified atom stereocenters.